The van der Waals surface area contributed by atoms with Crippen LogP contribution in [0.3, 0.4) is 0 Å². The van der Waals surface area contributed by atoms with Crippen molar-refractivity contribution in [3.8, 4) is 0 Å². The maximum Gasteiger partial charge on any atom is 0.426 e. The third-order valence-corrected chi connectivity index (χ3v) is 28.2. The molecule has 0 heterocycles. The van der Waals surface area contributed by atoms with Crippen molar-refractivity contribution in [3.63, 3.8) is 0 Å². The molecule has 0 saturated heterocycles. The first kappa shape index (κ1) is 77.6. The zero-order valence-corrected chi connectivity index (χ0v) is 62.5. The number of benzene rings is 7. The summed E-state index contributed by atoms with van der Waals surface area (Å²) in [5.74, 6) is -4.46. The second kappa shape index (κ2) is 33.6. The van der Waals surface area contributed by atoms with Gasteiger partial charge in [0.05, 0.1) is 43.2 Å². The lowest BCUT2D eigenvalue weighted by Crippen LogP contribution is -2.60. The molecule has 9 atom stereocenters. The van der Waals surface area contributed by atoms with Gasteiger partial charge in [-0.15, -0.1) is 0 Å². The molecule has 25 heteroatoms. The van der Waals surface area contributed by atoms with Gasteiger partial charge in [-0.25, -0.2) is 21.6 Å². The Morgan fingerprint density at radius 2 is 1.06 bits per heavy atom. The van der Waals surface area contributed by atoms with Crippen LogP contribution in [0.25, 0.3) is 0 Å². The average molecular weight is 1750 g/mol. The minimum Gasteiger partial charge on any atom is -0.748 e. The highest BCUT2D eigenvalue weighted by Crippen LogP contribution is 2.66. The molecule has 11 rings (SSSR count). The fraction of sp³-hybridized carbons (Fsp3) is 0.347. The van der Waals surface area contributed by atoms with Gasteiger partial charge in [0.15, 0.2) is 46.1 Å². The quantitative estimate of drug-likeness (QED) is 0.0207. The number of fused-ring (bicyclic) bond motifs is 5. The number of hydrogen-bond acceptors (Lipinski definition) is 13. The lowest BCUT2D eigenvalue weighted by atomic mass is 9.44. The van der Waals surface area contributed by atoms with Crippen LogP contribution in [0.1, 0.15) is 88.9 Å². The fourth-order valence-electron chi connectivity index (χ4n) is 13.7. The first-order valence-electron chi connectivity index (χ1n) is 30.9. The van der Waals surface area contributed by atoms with E-state index in [4.69, 9.17) is 0 Å². The van der Waals surface area contributed by atoms with Gasteiger partial charge in [0.25, 0.3) is 0 Å². The Bertz CT molecular complexity index is 3790. The van der Waals surface area contributed by atoms with Gasteiger partial charge in [0.2, 0.25) is 6.10 Å². The average Bonchev–Trinajstić information content (AvgIpc) is 1.67. The number of rotatable bonds is 17. The smallest absolute Gasteiger partial charge is 0.426 e. The van der Waals surface area contributed by atoms with E-state index in [1.165, 1.54) is 35.4 Å². The normalized spacial score (nSPS) is 22.1. The molecule has 97 heavy (non-hydrogen) atoms. The molecule has 7 aromatic carbocycles. The molecule has 0 aliphatic heterocycles. The van der Waals surface area contributed by atoms with Gasteiger partial charge >= 0.3 is 23.4 Å². The first-order valence-corrected chi connectivity index (χ1v) is 39.6. The molecule has 4 fully saturated rings. The van der Waals surface area contributed by atoms with E-state index in [-0.39, 0.29) is 98.5 Å². The van der Waals surface area contributed by atoms with Crippen LogP contribution in [0.5, 0.6) is 0 Å². The number of carbonyl (C=O) groups excluding carboxylic acids is 5. The van der Waals surface area contributed by atoms with Crippen molar-refractivity contribution in [3.05, 3.63) is 210 Å². The number of Topliss-reactive ketones (excluding diaryl/α,β-unsaturated/α-hetero) is 3. The summed E-state index contributed by atoms with van der Waals surface area (Å²) in [7, 11) is -11.2. The van der Waals surface area contributed by atoms with Crippen LogP contribution < -0.4 is 0 Å². The minimum absolute atomic E-state index is 0.00854. The van der Waals surface area contributed by atoms with Gasteiger partial charge in [0, 0.05) is 54.1 Å². The van der Waals surface area contributed by atoms with Crippen LogP contribution in [0, 0.1) is 57.0 Å². The highest BCUT2D eigenvalue weighted by molar-refractivity contribution is 14.1. The number of esters is 2. The van der Waals surface area contributed by atoms with Crippen LogP contribution in [0.4, 0.5) is 22.0 Å². The number of carbonyl (C=O) groups is 5. The first-order chi connectivity index (χ1) is 45.7. The minimum atomic E-state index is -5.94. The molecular weight excluding hydrogens is 1680 g/mol. The monoisotopic (exact) mass is 1750 g/mol. The summed E-state index contributed by atoms with van der Waals surface area (Å²) < 4.78 is 138. The van der Waals surface area contributed by atoms with Crippen LogP contribution in [-0.4, -0.2) is 85.1 Å². The molecule has 0 N–H and O–H groups in total. The molecule has 13 nitrogen and oxygen atoms in total. The van der Waals surface area contributed by atoms with Crippen molar-refractivity contribution in [2.45, 2.75) is 125 Å². The standard InChI is InChI=1S/C26H36F2O8S.2C18H15S.C10H6F3I3O5S/c1-14(4-7-22(32)36-13-26(27,28)37(33,34)35)17-5-6-18-23-19(12-21(31)25(17,18)3)24(2)9-8-16(29)10-15(24)11-20(23)30;2*1-4-10-16(11-5-1)19(17-12-6-2-7-13-17)18-14-8-3-9-15-18;11-10(12,13)7(3-22(18,19)20)21-9(17)5-1-4(14)2-6(15)8(5)16/h14-15,17-19,23H,4-13H2,1-3H3,(H,33,34,35);2*1-15H;1-2,7H,3H2,(H,18,19,20)/q;2*+1;/p-2/t14?,15-,17+,18-,19-,23-,24-,25+;;;/m0.../s1. The van der Waals surface area contributed by atoms with Gasteiger partial charge in [-0.1, -0.05) is 130 Å². The van der Waals surface area contributed by atoms with Crippen molar-refractivity contribution in [1.82, 2.24) is 0 Å². The highest BCUT2D eigenvalue weighted by atomic mass is 127. The van der Waals surface area contributed by atoms with Crippen LogP contribution in [-0.2, 0) is 70.7 Å². The summed E-state index contributed by atoms with van der Waals surface area (Å²) in [6.45, 7) is 4.12. The summed E-state index contributed by atoms with van der Waals surface area (Å²) in [6, 6.07) is 67.3. The molecule has 4 aliphatic carbocycles. The van der Waals surface area contributed by atoms with E-state index in [0.717, 1.165) is 0 Å². The summed E-state index contributed by atoms with van der Waals surface area (Å²) in [5, 5.41) is -4.70. The van der Waals surface area contributed by atoms with Gasteiger partial charge in [-0.2, -0.15) is 22.0 Å². The Kier molecular flexibility index (Phi) is 26.8. The van der Waals surface area contributed by atoms with Crippen molar-refractivity contribution in [2.24, 2.45) is 46.3 Å². The van der Waals surface area contributed by atoms with Crippen molar-refractivity contribution in [2.75, 3.05) is 12.4 Å². The number of hydrogen-bond donors (Lipinski definition) is 0. The van der Waals surface area contributed by atoms with Gasteiger partial charge < -0.3 is 18.6 Å². The van der Waals surface area contributed by atoms with E-state index in [9.17, 15) is 71.9 Å². The van der Waals surface area contributed by atoms with Gasteiger partial charge in [-0.05, 0) is 213 Å². The summed E-state index contributed by atoms with van der Waals surface area (Å²) in [6.07, 6.45) is -4.51. The van der Waals surface area contributed by atoms with E-state index in [2.05, 4.69) is 198 Å². The molecule has 516 valence electrons. The third-order valence-electron chi connectivity index (χ3n) is 18.5. The SMILES string of the molecule is CC(CCC(=O)OCC(F)(F)S(=O)(=O)[O-])[C@H]1CC[C@H]2[C@@H]3C(=O)C[C@@H]4CC(=O)CC[C@]4(C)[C@H]3CC(=O)[C@]12C.O=C(OC(CS(=O)(=O)[O-])C(F)(F)F)c1cc(I)cc(I)c1I.c1ccc([S+](c2ccccc2)c2ccccc2)cc1.c1ccc([S+](c2ccccc2)c2ccccc2)cc1. The predicted octanol–water partition coefficient (Wildman–Crippen LogP) is 16.4. The molecule has 0 aromatic heterocycles. The number of ether oxygens (including phenoxy) is 2. The summed E-state index contributed by atoms with van der Waals surface area (Å²) in [4.78, 5) is 71.3. The van der Waals surface area contributed by atoms with Gasteiger partial charge in [-0.3, -0.25) is 19.2 Å². The Balaban J connectivity index is 0.000000173. The van der Waals surface area contributed by atoms with Crippen molar-refractivity contribution >= 4 is 139 Å². The van der Waals surface area contributed by atoms with E-state index in [1.807, 2.05) is 59.0 Å². The molecule has 4 aliphatic rings. The Morgan fingerprint density at radius 1 is 0.629 bits per heavy atom. The molecule has 2 unspecified atom stereocenters. The van der Waals surface area contributed by atoms with E-state index in [0.29, 0.717) is 55.7 Å². The van der Waals surface area contributed by atoms with E-state index < -0.39 is 67.5 Å². The second-order valence-electron chi connectivity index (χ2n) is 24.6. The maximum atomic E-state index is 13.8. The second-order valence-corrected chi connectivity index (χ2v) is 35.1. The number of halogens is 8. The molecule has 4 saturated carbocycles. The molecular formula is C72H70F5I3O13S4. The van der Waals surface area contributed by atoms with Crippen LogP contribution >= 0.6 is 67.8 Å². The number of ketones is 3. The Morgan fingerprint density at radius 3 is 1.46 bits per heavy atom. The zero-order valence-electron chi connectivity index (χ0n) is 52.8. The predicted molar refractivity (Wildman–Crippen MR) is 382 cm³/mol. The molecule has 7 aromatic rings. The van der Waals surface area contributed by atoms with Crippen molar-refractivity contribution in [1.29, 1.82) is 0 Å². The van der Waals surface area contributed by atoms with Crippen LogP contribution in [0.15, 0.2) is 223 Å². The summed E-state index contributed by atoms with van der Waals surface area (Å²) >= 11 is 5.52. The van der Waals surface area contributed by atoms with Crippen molar-refractivity contribution < 1.29 is 81.3 Å². The van der Waals surface area contributed by atoms with Crippen LogP contribution in [0.2, 0.25) is 0 Å². The van der Waals surface area contributed by atoms with Gasteiger partial charge in [0.1, 0.15) is 17.3 Å². The lowest BCUT2D eigenvalue weighted by Gasteiger charge is -2.58. The van der Waals surface area contributed by atoms with E-state index >= 15 is 0 Å². The maximum absolute atomic E-state index is 13.8. The molecule has 0 bridgehead atoms. The zero-order chi connectivity index (χ0) is 70.7. The largest absolute Gasteiger partial charge is 0.748 e. The molecule has 0 radical (unpaired) electrons. The Labute approximate surface area is 609 Å². The lowest BCUT2D eigenvalue weighted by molar-refractivity contribution is -0.197. The summed E-state index contributed by atoms with van der Waals surface area (Å²) in [5.41, 5.74) is -1.08. The third kappa shape index (κ3) is 19.7. The van der Waals surface area contributed by atoms with E-state index in [1.54, 1.807) is 28.7 Å². The number of alkyl halides is 5. The molecule has 0 amide bonds. The topological polar surface area (TPSA) is 218 Å². The fourth-order valence-corrected chi connectivity index (χ4v) is 21.1. The Hall–Kier alpha value is -5.15. The molecule has 0 spiro atoms. The highest BCUT2D eigenvalue weighted by Gasteiger charge is 2.66.